The van der Waals surface area contributed by atoms with Gasteiger partial charge in [-0.15, -0.1) is 0 Å². The van der Waals surface area contributed by atoms with Crippen LogP contribution in [0.1, 0.15) is 5.69 Å². The molecule has 0 saturated carbocycles. The lowest BCUT2D eigenvalue weighted by Gasteiger charge is -2.09. The zero-order chi connectivity index (χ0) is 16.9. The SMILES string of the molecule is Cc1nc(Oc2ccccc2)nc(Oc2ccccc2)c1[N+](=O)[O-]. The molecule has 0 aliphatic heterocycles. The second-order valence-electron chi connectivity index (χ2n) is 4.83. The first-order valence-electron chi connectivity index (χ1n) is 7.12. The second kappa shape index (κ2) is 6.74. The molecule has 3 aromatic rings. The fourth-order valence-corrected chi connectivity index (χ4v) is 2.04. The quantitative estimate of drug-likeness (QED) is 0.514. The predicted octanol–water partition coefficient (Wildman–Crippen LogP) is 4.28. The van der Waals surface area contributed by atoms with Crippen LogP contribution in [0.5, 0.6) is 23.4 Å². The largest absolute Gasteiger partial charge is 0.434 e. The number of aryl methyl sites for hydroxylation is 1. The molecule has 0 saturated heterocycles. The van der Waals surface area contributed by atoms with E-state index in [0.29, 0.717) is 11.5 Å². The van der Waals surface area contributed by atoms with Gasteiger partial charge in [-0.05, 0) is 31.2 Å². The molecule has 120 valence electrons. The van der Waals surface area contributed by atoms with E-state index in [0.717, 1.165) is 0 Å². The van der Waals surface area contributed by atoms with Crippen molar-refractivity contribution in [2.45, 2.75) is 6.92 Å². The molecule has 0 unspecified atom stereocenters. The minimum absolute atomic E-state index is 0.0183. The minimum atomic E-state index is -0.570. The van der Waals surface area contributed by atoms with Crippen molar-refractivity contribution in [3.8, 4) is 23.4 Å². The molecular formula is C17H13N3O4. The van der Waals surface area contributed by atoms with Gasteiger partial charge in [-0.3, -0.25) is 10.1 Å². The van der Waals surface area contributed by atoms with E-state index in [1.165, 1.54) is 6.92 Å². The molecule has 2 aromatic carbocycles. The number of hydrogen-bond acceptors (Lipinski definition) is 6. The van der Waals surface area contributed by atoms with Crippen molar-refractivity contribution in [3.05, 3.63) is 76.5 Å². The number of nitro groups is 1. The molecule has 0 N–H and O–H groups in total. The molecule has 7 nitrogen and oxygen atoms in total. The third kappa shape index (κ3) is 3.46. The Labute approximate surface area is 137 Å². The Balaban J connectivity index is 1.99. The Morgan fingerprint density at radius 1 is 0.875 bits per heavy atom. The van der Waals surface area contributed by atoms with E-state index in [9.17, 15) is 10.1 Å². The fraction of sp³-hybridized carbons (Fsp3) is 0.0588. The molecule has 3 rings (SSSR count). The Kier molecular flexibility index (Phi) is 4.33. The number of rotatable bonds is 5. The van der Waals surface area contributed by atoms with Crippen molar-refractivity contribution in [1.82, 2.24) is 9.97 Å². The molecule has 0 atom stereocenters. The molecule has 7 heteroatoms. The van der Waals surface area contributed by atoms with E-state index in [1.807, 2.05) is 12.1 Å². The molecule has 0 amide bonds. The number of aromatic nitrogens is 2. The molecule has 0 radical (unpaired) electrons. The zero-order valence-electron chi connectivity index (χ0n) is 12.7. The summed E-state index contributed by atoms with van der Waals surface area (Å²) in [5, 5.41) is 11.3. The Hall–Kier alpha value is -3.48. The van der Waals surface area contributed by atoms with E-state index in [-0.39, 0.29) is 23.3 Å². The van der Waals surface area contributed by atoms with Crippen LogP contribution in [0.4, 0.5) is 5.69 Å². The van der Waals surface area contributed by atoms with E-state index >= 15 is 0 Å². The van der Waals surface area contributed by atoms with Gasteiger partial charge in [0.2, 0.25) is 0 Å². The third-order valence-electron chi connectivity index (χ3n) is 3.10. The lowest BCUT2D eigenvalue weighted by Crippen LogP contribution is -2.03. The lowest BCUT2D eigenvalue weighted by atomic mass is 10.3. The van der Waals surface area contributed by atoms with Gasteiger partial charge in [-0.2, -0.15) is 9.97 Å². The van der Waals surface area contributed by atoms with Gasteiger partial charge in [0.25, 0.3) is 0 Å². The molecule has 1 heterocycles. The number of para-hydroxylation sites is 2. The fourth-order valence-electron chi connectivity index (χ4n) is 2.04. The van der Waals surface area contributed by atoms with Crippen molar-refractivity contribution >= 4 is 5.69 Å². The van der Waals surface area contributed by atoms with Crippen molar-refractivity contribution in [1.29, 1.82) is 0 Å². The highest BCUT2D eigenvalue weighted by molar-refractivity contribution is 5.47. The molecular weight excluding hydrogens is 310 g/mol. The predicted molar refractivity (Wildman–Crippen MR) is 86.5 cm³/mol. The van der Waals surface area contributed by atoms with Gasteiger partial charge in [0.15, 0.2) is 0 Å². The molecule has 0 spiro atoms. The summed E-state index contributed by atoms with van der Waals surface area (Å²) in [6.07, 6.45) is 0. The summed E-state index contributed by atoms with van der Waals surface area (Å²) in [7, 11) is 0. The summed E-state index contributed by atoms with van der Waals surface area (Å²) in [6.45, 7) is 1.51. The maximum absolute atomic E-state index is 11.3. The van der Waals surface area contributed by atoms with Gasteiger partial charge in [0, 0.05) is 0 Å². The Morgan fingerprint density at radius 3 is 1.96 bits per heavy atom. The summed E-state index contributed by atoms with van der Waals surface area (Å²) in [6, 6.07) is 17.6. The highest BCUT2D eigenvalue weighted by atomic mass is 16.6. The average Bonchev–Trinajstić information content (AvgIpc) is 2.56. The van der Waals surface area contributed by atoms with Crippen LogP contribution in [0.2, 0.25) is 0 Å². The first-order chi connectivity index (χ1) is 11.6. The van der Waals surface area contributed by atoms with Gasteiger partial charge in [-0.1, -0.05) is 36.4 Å². The minimum Gasteiger partial charge on any atom is -0.434 e. The normalized spacial score (nSPS) is 10.2. The summed E-state index contributed by atoms with van der Waals surface area (Å²) < 4.78 is 11.1. The van der Waals surface area contributed by atoms with Crippen LogP contribution in [0.25, 0.3) is 0 Å². The molecule has 0 fully saturated rings. The summed E-state index contributed by atoms with van der Waals surface area (Å²) in [4.78, 5) is 18.8. The van der Waals surface area contributed by atoms with Crippen LogP contribution in [0, 0.1) is 17.0 Å². The molecule has 0 bridgehead atoms. The summed E-state index contributed by atoms with van der Waals surface area (Å²) in [5.74, 6) is 0.797. The third-order valence-corrected chi connectivity index (χ3v) is 3.10. The van der Waals surface area contributed by atoms with Crippen molar-refractivity contribution in [3.63, 3.8) is 0 Å². The van der Waals surface area contributed by atoms with E-state index in [2.05, 4.69) is 9.97 Å². The highest BCUT2D eigenvalue weighted by Crippen LogP contribution is 2.33. The first kappa shape index (κ1) is 15.4. The number of hydrogen-bond donors (Lipinski definition) is 0. The van der Waals surface area contributed by atoms with Crippen LogP contribution < -0.4 is 9.47 Å². The topological polar surface area (TPSA) is 87.4 Å². The molecule has 0 aliphatic carbocycles. The van der Waals surface area contributed by atoms with Crippen molar-refractivity contribution < 1.29 is 14.4 Å². The van der Waals surface area contributed by atoms with Crippen molar-refractivity contribution in [2.75, 3.05) is 0 Å². The maximum atomic E-state index is 11.3. The van der Waals surface area contributed by atoms with Crippen LogP contribution in [-0.2, 0) is 0 Å². The molecule has 24 heavy (non-hydrogen) atoms. The van der Waals surface area contributed by atoms with E-state index < -0.39 is 4.92 Å². The van der Waals surface area contributed by atoms with Gasteiger partial charge in [0.05, 0.1) is 4.92 Å². The number of benzene rings is 2. The second-order valence-corrected chi connectivity index (χ2v) is 4.83. The summed E-state index contributed by atoms with van der Waals surface area (Å²) >= 11 is 0. The standard InChI is InChI=1S/C17H13N3O4/c1-12-15(20(21)22)16(23-13-8-4-2-5-9-13)19-17(18-12)24-14-10-6-3-7-11-14/h2-11H,1H3. The van der Waals surface area contributed by atoms with Crippen LogP contribution in [-0.4, -0.2) is 14.9 Å². The Morgan fingerprint density at radius 2 is 1.42 bits per heavy atom. The van der Waals surface area contributed by atoms with Crippen LogP contribution in [0.3, 0.4) is 0 Å². The zero-order valence-corrected chi connectivity index (χ0v) is 12.7. The lowest BCUT2D eigenvalue weighted by molar-refractivity contribution is -0.386. The van der Waals surface area contributed by atoms with Crippen molar-refractivity contribution in [2.24, 2.45) is 0 Å². The van der Waals surface area contributed by atoms with E-state index in [4.69, 9.17) is 9.47 Å². The van der Waals surface area contributed by atoms with E-state index in [1.54, 1.807) is 48.5 Å². The number of ether oxygens (including phenoxy) is 2. The Bertz CT molecular complexity index is 854. The first-order valence-corrected chi connectivity index (χ1v) is 7.12. The molecule has 0 aliphatic rings. The smallest absolute Gasteiger partial charge is 0.352 e. The highest BCUT2D eigenvalue weighted by Gasteiger charge is 2.25. The molecule has 1 aromatic heterocycles. The van der Waals surface area contributed by atoms with Gasteiger partial charge in [-0.25, -0.2) is 0 Å². The summed E-state index contributed by atoms with van der Waals surface area (Å²) in [5.41, 5.74) is -0.133. The van der Waals surface area contributed by atoms with Crippen LogP contribution in [0.15, 0.2) is 60.7 Å². The van der Waals surface area contributed by atoms with Crippen LogP contribution >= 0.6 is 0 Å². The maximum Gasteiger partial charge on any atom is 0.352 e. The van der Waals surface area contributed by atoms with Gasteiger partial charge in [0.1, 0.15) is 17.2 Å². The number of nitrogens with zero attached hydrogens (tertiary/aromatic N) is 3. The van der Waals surface area contributed by atoms with Gasteiger partial charge >= 0.3 is 17.6 Å². The average molecular weight is 323 g/mol. The van der Waals surface area contributed by atoms with Gasteiger partial charge < -0.3 is 9.47 Å². The monoisotopic (exact) mass is 323 g/mol.